The molecule has 1 saturated heterocycles. The maximum absolute atomic E-state index is 5.43. The molecule has 0 atom stereocenters. The zero-order chi connectivity index (χ0) is 18.7. The van der Waals surface area contributed by atoms with Gasteiger partial charge in [0.2, 0.25) is 0 Å². The lowest BCUT2D eigenvalue weighted by atomic mass is 10.3. The van der Waals surface area contributed by atoms with Crippen LogP contribution >= 0.6 is 35.3 Å². The van der Waals surface area contributed by atoms with Crippen LogP contribution in [0.4, 0.5) is 5.00 Å². The molecule has 0 unspecified atom stereocenters. The molecule has 8 heteroatoms. The summed E-state index contributed by atoms with van der Waals surface area (Å²) >= 11 is 1.81. The minimum atomic E-state index is 0. The number of furan rings is 1. The van der Waals surface area contributed by atoms with Gasteiger partial charge in [-0.15, -0.1) is 35.3 Å². The van der Waals surface area contributed by atoms with Crippen LogP contribution in [0, 0.1) is 0 Å². The van der Waals surface area contributed by atoms with Gasteiger partial charge in [0.05, 0.1) is 11.3 Å². The first-order valence-corrected chi connectivity index (χ1v) is 10.7. The Labute approximate surface area is 189 Å². The van der Waals surface area contributed by atoms with E-state index >= 15 is 0 Å². The molecule has 2 aromatic rings. The van der Waals surface area contributed by atoms with Gasteiger partial charge in [-0.1, -0.05) is 0 Å². The molecule has 1 N–H and O–H groups in total. The van der Waals surface area contributed by atoms with Crippen molar-refractivity contribution in [2.75, 3.05) is 57.4 Å². The first kappa shape index (κ1) is 23.0. The fourth-order valence-corrected chi connectivity index (χ4v) is 3.89. The van der Waals surface area contributed by atoms with E-state index in [2.05, 4.69) is 32.6 Å². The highest BCUT2D eigenvalue weighted by Gasteiger charge is 2.20. The van der Waals surface area contributed by atoms with Crippen molar-refractivity contribution in [3.8, 4) is 0 Å². The average Bonchev–Trinajstić information content (AvgIpc) is 3.41. The predicted octanol–water partition coefficient (Wildman–Crippen LogP) is 3.70. The predicted molar refractivity (Wildman–Crippen MR) is 127 cm³/mol. The van der Waals surface area contributed by atoms with Gasteiger partial charge in [0.15, 0.2) is 5.96 Å². The van der Waals surface area contributed by atoms with Crippen molar-refractivity contribution < 1.29 is 9.15 Å². The van der Waals surface area contributed by atoms with Gasteiger partial charge in [-0.3, -0.25) is 4.99 Å². The van der Waals surface area contributed by atoms with Gasteiger partial charge in [0.25, 0.3) is 0 Å². The quantitative estimate of drug-likeness (QED) is 0.238. The normalized spacial score (nSPS) is 14.8. The van der Waals surface area contributed by atoms with Gasteiger partial charge >= 0.3 is 0 Å². The molecule has 2 aromatic heterocycles. The first-order valence-electron chi connectivity index (χ1n) is 9.78. The number of hydrogen-bond donors (Lipinski definition) is 1. The second kappa shape index (κ2) is 13.1. The van der Waals surface area contributed by atoms with Crippen LogP contribution in [0.1, 0.15) is 19.1 Å². The van der Waals surface area contributed by atoms with Crippen molar-refractivity contribution in [1.29, 1.82) is 0 Å². The lowest BCUT2D eigenvalue weighted by Gasteiger charge is -2.37. The zero-order valence-electron chi connectivity index (χ0n) is 16.5. The van der Waals surface area contributed by atoms with Crippen LogP contribution in [0.5, 0.6) is 0 Å². The Morgan fingerprint density at radius 1 is 1.25 bits per heavy atom. The highest BCUT2D eigenvalue weighted by atomic mass is 127. The summed E-state index contributed by atoms with van der Waals surface area (Å²) in [4.78, 5) is 9.65. The molecule has 28 heavy (non-hydrogen) atoms. The fourth-order valence-electron chi connectivity index (χ4n) is 3.10. The molecule has 1 aliphatic heterocycles. The van der Waals surface area contributed by atoms with Crippen LogP contribution in [0.25, 0.3) is 0 Å². The molecule has 0 aliphatic carbocycles. The van der Waals surface area contributed by atoms with E-state index in [9.17, 15) is 0 Å². The Bertz CT molecular complexity index is 656. The number of ether oxygens (including phenoxy) is 1. The molecule has 1 aliphatic rings. The topological polar surface area (TPSA) is 53.2 Å². The highest BCUT2D eigenvalue weighted by molar-refractivity contribution is 14.0. The summed E-state index contributed by atoms with van der Waals surface area (Å²) in [6, 6.07) is 8.26. The second-order valence-electron chi connectivity index (χ2n) is 6.44. The third-order valence-electron chi connectivity index (χ3n) is 4.54. The summed E-state index contributed by atoms with van der Waals surface area (Å²) in [7, 11) is 0. The van der Waals surface area contributed by atoms with Crippen LogP contribution in [-0.2, 0) is 11.2 Å². The van der Waals surface area contributed by atoms with Gasteiger partial charge in [-0.2, -0.15) is 0 Å². The van der Waals surface area contributed by atoms with E-state index in [0.717, 1.165) is 77.0 Å². The minimum Gasteiger partial charge on any atom is -0.469 e. The molecule has 156 valence electrons. The van der Waals surface area contributed by atoms with E-state index in [-0.39, 0.29) is 24.0 Å². The van der Waals surface area contributed by atoms with Crippen LogP contribution in [0.2, 0.25) is 0 Å². The van der Waals surface area contributed by atoms with E-state index in [1.54, 1.807) is 6.26 Å². The molecule has 0 bridgehead atoms. The molecular weight excluding hydrogens is 487 g/mol. The van der Waals surface area contributed by atoms with Gasteiger partial charge in [0, 0.05) is 58.9 Å². The summed E-state index contributed by atoms with van der Waals surface area (Å²) in [6.07, 6.45) is 3.54. The maximum Gasteiger partial charge on any atom is 0.194 e. The SMILES string of the molecule is CCOCCCN=C(NCCc1ccco1)N1CCN(c2cccs2)CC1.I. The number of hydrogen-bond acceptors (Lipinski definition) is 5. The minimum absolute atomic E-state index is 0. The van der Waals surface area contributed by atoms with E-state index in [1.807, 2.05) is 30.4 Å². The van der Waals surface area contributed by atoms with Crippen molar-refractivity contribution >= 4 is 46.3 Å². The Balaban J connectivity index is 0.00000280. The first-order chi connectivity index (χ1) is 13.4. The molecular formula is C20H31IN4O2S. The molecule has 0 radical (unpaired) electrons. The lowest BCUT2D eigenvalue weighted by Crippen LogP contribution is -2.52. The molecule has 3 heterocycles. The monoisotopic (exact) mass is 518 g/mol. The lowest BCUT2D eigenvalue weighted by molar-refractivity contribution is 0.146. The third kappa shape index (κ3) is 7.29. The summed E-state index contributed by atoms with van der Waals surface area (Å²) in [5, 5.41) is 7.03. The van der Waals surface area contributed by atoms with Crippen molar-refractivity contribution in [3.05, 3.63) is 41.7 Å². The van der Waals surface area contributed by atoms with Crippen molar-refractivity contribution in [2.24, 2.45) is 4.99 Å². The second-order valence-corrected chi connectivity index (χ2v) is 7.36. The van der Waals surface area contributed by atoms with Gasteiger partial charge < -0.3 is 24.3 Å². The van der Waals surface area contributed by atoms with Gasteiger partial charge in [-0.25, -0.2) is 0 Å². The summed E-state index contributed by atoms with van der Waals surface area (Å²) < 4.78 is 10.9. The highest BCUT2D eigenvalue weighted by Crippen LogP contribution is 2.22. The smallest absolute Gasteiger partial charge is 0.194 e. The summed E-state index contributed by atoms with van der Waals surface area (Å²) in [5.74, 6) is 2.00. The molecule has 3 rings (SSSR count). The van der Waals surface area contributed by atoms with Crippen molar-refractivity contribution in [1.82, 2.24) is 10.2 Å². The number of anilines is 1. The number of thiophene rings is 1. The van der Waals surface area contributed by atoms with Crippen LogP contribution < -0.4 is 10.2 Å². The molecule has 0 saturated carbocycles. The van der Waals surface area contributed by atoms with Gasteiger partial charge in [0.1, 0.15) is 5.76 Å². The number of guanidine groups is 1. The van der Waals surface area contributed by atoms with E-state index < -0.39 is 0 Å². The summed E-state index contributed by atoms with van der Waals surface area (Å²) in [6.45, 7) is 9.19. The number of aliphatic imine (C=N–C) groups is 1. The Morgan fingerprint density at radius 2 is 2.11 bits per heavy atom. The molecule has 6 nitrogen and oxygen atoms in total. The number of nitrogens with one attached hydrogen (secondary N) is 1. The number of halogens is 1. The average molecular weight is 518 g/mol. The molecule has 0 aromatic carbocycles. The zero-order valence-corrected chi connectivity index (χ0v) is 19.7. The van der Waals surface area contributed by atoms with Crippen LogP contribution in [0.15, 0.2) is 45.3 Å². The van der Waals surface area contributed by atoms with Gasteiger partial charge in [-0.05, 0) is 43.0 Å². The molecule has 1 fully saturated rings. The third-order valence-corrected chi connectivity index (χ3v) is 5.47. The maximum atomic E-state index is 5.43. The summed E-state index contributed by atoms with van der Waals surface area (Å²) in [5.41, 5.74) is 0. The van der Waals surface area contributed by atoms with E-state index in [0.29, 0.717) is 0 Å². The van der Waals surface area contributed by atoms with E-state index in [4.69, 9.17) is 14.1 Å². The molecule has 0 spiro atoms. The molecule has 0 amide bonds. The fraction of sp³-hybridized carbons (Fsp3) is 0.550. The van der Waals surface area contributed by atoms with Crippen LogP contribution in [0.3, 0.4) is 0 Å². The van der Waals surface area contributed by atoms with Crippen LogP contribution in [-0.4, -0.2) is 63.3 Å². The number of nitrogens with zero attached hydrogens (tertiary/aromatic N) is 3. The Kier molecular flexibility index (Phi) is 10.7. The van der Waals surface area contributed by atoms with Crippen molar-refractivity contribution in [2.45, 2.75) is 19.8 Å². The Hall–Kier alpha value is -1.26. The Morgan fingerprint density at radius 3 is 2.79 bits per heavy atom. The van der Waals surface area contributed by atoms with Crippen molar-refractivity contribution in [3.63, 3.8) is 0 Å². The van der Waals surface area contributed by atoms with E-state index in [1.165, 1.54) is 5.00 Å². The standard InChI is InChI=1S/C20H30N4O2S.HI/c1-2-25-15-5-9-21-20(22-10-8-18-6-3-16-26-18)24-13-11-23(12-14-24)19-7-4-17-27-19;/h3-4,6-7,16-17H,2,5,8-15H2,1H3,(H,21,22);1H. The number of piperazine rings is 1. The largest absolute Gasteiger partial charge is 0.469 e. The number of rotatable bonds is 9.